The summed E-state index contributed by atoms with van der Waals surface area (Å²) >= 11 is 0. The highest BCUT2D eigenvalue weighted by molar-refractivity contribution is 7.89. The first-order valence-electron chi connectivity index (χ1n) is 6.49. The van der Waals surface area contributed by atoms with Crippen LogP contribution in [0.25, 0.3) is 0 Å². The number of hydrogen-bond acceptors (Lipinski definition) is 3. The average Bonchev–Trinajstić information content (AvgIpc) is 2.44. The van der Waals surface area contributed by atoms with Gasteiger partial charge >= 0.3 is 0 Å². The lowest BCUT2D eigenvalue weighted by Gasteiger charge is -2.09. The van der Waals surface area contributed by atoms with Crippen LogP contribution in [0.1, 0.15) is 11.1 Å². The van der Waals surface area contributed by atoms with Gasteiger partial charge in [-0.2, -0.15) is 0 Å². The standard InChI is InChI=1S/C15H17FN2O2S/c1-11-10-13(6-7-15(11)17)21(19,20)18-9-8-12-4-2-3-5-14(12)16/h2-7,10,18H,8-9,17H2,1H3. The molecule has 0 saturated carbocycles. The van der Waals surface area contributed by atoms with Gasteiger partial charge in [0.15, 0.2) is 0 Å². The van der Waals surface area contributed by atoms with Crippen LogP contribution in [0.3, 0.4) is 0 Å². The maximum Gasteiger partial charge on any atom is 0.240 e. The van der Waals surface area contributed by atoms with Gasteiger partial charge in [-0.15, -0.1) is 0 Å². The molecule has 4 nitrogen and oxygen atoms in total. The summed E-state index contributed by atoms with van der Waals surface area (Å²) in [6.45, 7) is 1.88. The highest BCUT2D eigenvalue weighted by Gasteiger charge is 2.14. The molecule has 0 heterocycles. The van der Waals surface area contributed by atoms with E-state index in [9.17, 15) is 12.8 Å². The van der Waals surface area contributed by atoms with Crippen molar-refractivity contribution in [2.75, 3.05) is 12.3 Å². The number of anilines is 1. The van der Waals surface area contributed by atoms with Crippen LogP contribution in [0.15, 0.2) is 47.4 Å². The maximum absolute atomic E-state index is 13.4. The number of benzene rings is 2. The normalized spacial score (nSPS) is 11.5. The monoisotopic (exact) mass is 308 g/mol. The van der Waals surface area contributed by atoms with Crippen molar-refractivity contribution in [3.63, 3.8) is 0 Å². The molecule has 2 aromatic rings. The van der Waals surface area contributed by atoms with Crippen molar-refractivity contribution in [3.05, 3.63) is 59.4 Å². The Labute approximate surface area is 123 Å². The van der Waals surface area contributed by atoms with Crippen LogP contribution in [0.4, 0.5) is 10.1 Å². The van der Waals surface area contributed by atoms with Gasteiger partial charge in [0, 0.05) is 12.2 Å². The first kappa shape index (κ1) is 15.5. The van der Waals surface area contributed by atoms with Crippen LogP contribution in [-0.4, -0.2) is 15.0 Å². The van der Waals surface area contributed by atoms with Gasteiger partial charge in [0.2, 0.25) is 10.0 Å². The fraction of sp³-hybridized carbons (Fsp3) is 0.200. The Morgan fingerprint density at radius 2 is 1.90 bits per heavy atom. The summed E-state index contributed by atoms with van der Waals surface area (Å²) < 4.78 is 40.2. The summed E-state index contributed by atoms with van der Waals surface area (Å²) in [6.07, 6.45) is 0.292. The third-order valence-corrected chi connectivity index (χ3v) is 4.65. The number of nitrogens with two attached hydrogens (primary N) is 1. The lowest BCUT2D eigenvalue weighted by atomic mass is 10.1. The molecular formula is C15H17FN2O2S. The zero-order valence-corrected chi connectivity index (χ0v) is 12.5. The molecular weight excluding hydrogens is 291 g/mol. The lowest BCUT2D eigenvalue weighted by Crippen LogP contribution is -2.26. The zero-order chi connectivity index (χ0) is 15.5. The number of hydrogen-bond donors (Lipinski definition) is 2. The first-order valence-corrected chi connectivity index (χ1v) is 7.97. The molecule has 21 heavy (non-hydrogen) atoms. The second kappa shape index (κ2) is 6.24. The minimum atomic E-state index is -3.61. The minimum Gasteiger partial charge on any atom is -0.399 e. The van der Waals surface area contributed by atoms with Gasteiger partial charge in [0.05, 0.1) is 4.90 Å². The number of sulfonamides is 1. The van der Waals surface area contributed by atoms with Crippen molar-refractivity contribution < 1.29 is 12.8 Å². The maximum atomic E-state index is 13.4. The molecule has 0 amide bonds. The Balaban J connectivity index is 2.05. The zero-order valence-electron chi connectivity index (χ0n) is 11.6. The van der Waals surface area contributed by atoms with Gasteiger partial charge < -0.3 is 5.73 Å². The number of nitrogen functional groups attached to an aromatic ring is 1. The van der Waals surface area contributed by atoms with Crippen LogP contribution in [0.2, 0.25) is 0 Å². The van der Waals surface area contributed by atoms with E-state index in [2.05, 4.69) is 4.72 Å². The molecule has 3 N–H and O–H groups in total. The second-order valence-electron chi connectivity index (χ2n) is 4.76. The quantitative estimate of drug-likeness (QED) is 0.832. The summed E-state index contributed by atoms with van der Waals surface area (Å²) in [5.74, 6) is -0.333. The third-order valence-electron chi connectivity index (χ3n) is 3.20. The molecule has 0 aliphatic heterocycles. The molecule has 2 rings (SSSR count). The number of halogens is 1. The van der Waals surface area contributed by atoms with Crippen molar-refractivity contribution in [3.8, 4) is 0 Å². The summed E-state index contributed by atoms with van der Waals surface area (Å²) in [5, 5.41) is 0. The molecule has 0 saturated heterocycles. The van der Waals surface area contributed by atoms with E-state index in [1.165, 1.54) is 18.2 Å². The van der Waals surface area contributed by atoms with Gasteiger partial charge in [-0.1, -0.05) is 18.2 Å². The van der Waals surface area contributed by atoms with Crippen LogP contribution >= 0.6 is 0 Å². The van der Waals surface area contributed by atoms with E-state index in [4.69, 9.17) is 5.73 Å². The fourth-order valence-corrected chi connectivity index (χ4v) is 3.04. The molecule has 0 radical (unpaired) electrons. The van der Waals surface area contributed by atoms with E-state index >= 15 is 0 Å². The Morgan fingerprint density at radius 3 is 2.57 bits per heavy atom. The lowest BCUT2D eigenvalue weighted by molar-refractivity contribution is 0.577. The van der Waals surface area contributed by atoms with Crippen LogP contribution in [-0.2, 0) is 16.4 Å². The minimum absolute atomic E-state index is 0.132. The molecule has 2 aromatic carbocycles. The molecule has 0 spiro atoms. The van der Waals surface area contributed by atoms with Crippen molar-refractivity contribution in [1.82, 2.24) is 4.72 Å². The largest absolute Gasteiger partial charge is 0.399 e. The Hall–Kier alpha value is -1.92. The van der Waals surface area contributed by atoms with E-state index in [1.54, 1.807) is 31.2 Å². The van der Waals surface area contributed by atoms with E-state index in [-0.39, 0.29) is 17.3 Å². The van der Waals surface area contributed by atoms with E-state index in [0.29, 0.717) is 23.2 Å². The van der Waals surface area contributed by atoms with Gasteiger partial charge in [-0.05, 0) is 48.7 Å². The molecule has 0 atom stereocenters. The Kier molecular flexibility index (Phi) is 4.59. The summed E-state index contributed by atoms with van der Waals surface area (Å²) in [7, 11) is -3.61. The molecule has 0 aliphatic carbocycles. The van der Waals surface area contributed by atoms with Gasteiger partial charge in [-0.3, -0.25) is 0 Å². The summed E-state index contributed by atoms with van der Waals surface area (Å²) in [6, 6.07) is 10.8. The second-order valence-corrected chi connectivity index (χ2v) is 6.52. The van der Waals surface area contributed by atoms with Crippen LogP contribution in [0, 0.1) is 12.7 Å². The van der Waals surface area contributed by atoms with Gasteiger partial charge in [-0.25, -0.2) is 17.5 Å². The predicted molar refractivity (Wildman–Crippen MR) is 80.9 cm³/mol. The molecule has 6 heteroatoms. The Morgan fingerprint density at radius 1 is 1.19 bits per heavy atom. The smallest absolute Gasteiger partial charge is 0.240 e. The predicted octanol–water partition coefficient (Wildman–Crippen LogP) is 2.24. The summed E-state index contributed by atoms with van der Waals surface area (Å²) in [4.78, 5) is 0.155. The number of aryl methyl sites for hydroxylation is 1. The van der Waals surface area contributed by atoms with Crippen molar-refractivity contribution in [2.45, 2.75) is 18.2 Å². The average molecular weight is 308 g/mol. The fourth-order valence-electron chi connectivity index (χ4n) is 1.92. The van der Waals surface area contributed by atoms with Crippen molar-refractivity contribution in [1.29, 1.82) is 0 Å². The number of rotatable bonds is 5. The highest BCUT2D eigenvalue weighted by atomic mass is 32.2. The molecule has 112 valence electrons. The first-order chi connectivity index (χ1) is 9.90. The van der Waals surface area contributed by atoms with Crippen molar-refractivity contribution >= 4 is 15.7 Å². The van der Waals surface area contributed by atoms with Gasteiger partial charge in [0.1, 0.15) is 5.82 Å². The summed E-state index contributed by atoms with van der Waals surface area (Å²) in [5.41, 5.74) is 7.39. The topological polar surface area (TPSA) is 72.2 Å². The van der Waals surface area contributed by atoms with Crippen LogP contribution < -0.4 is 10.5 Å². The van der Waals surface area contributed by atoms with Crippen LogP contribution in [0.5, 0.6) is 0 Å². The molecule has 0 aromatic heterocycles. The van der Waals surface area contributed by atoms with Gasteiger partial charge in [0.25, 0.3) is 0 Å². The molecule has 0 fully saturated rings. The highest BCUT2D eigenvalue weighted by Crippen LogP contribution is 2.16. The molecule has 0 unspecified atom stereocenters. The van der Waals surface area contributed by atoms with E-state index in [0.717, 1.165) is 0 Å². The van der Waals surface area contributed by atoms with E-state index < -0.39 is 10.0 Å². The van der Waals surface area contributed by atoms with E-state index in [1.807, 2.05) is 0 Å². The third kappa shape index (κ3) is 3.80. The number of nitrogens with one attached hydrogen (secondary N) is 1. The molecule has 0 aliphatic rings. The Bertz CT molecular complexity index is 745. The molecule has 0 bridgehead atoms. The SMILES string of the molecule is Cc1cc(S(=O)(=O)NCCc2ccccc2F)ccc1N. The van der Waals surface area contributed by atoms with Crippen molar-refractivity contribution in [2.24, 2.45) is 0 Å².